The van der Waals surface area contributed by atoms with E-state index in [1.807, 2.05) is 6.92 Å². The van der Waals surface area contributed by atoms with Crippen LogP contribution in [0, 0.1) is 6.92 Å². The molecule has 0 spiro atoms. The minimum Gasteiger partial charge on any atom is -0.491 e. The van der Waals surface area contributed by atoms with Gasteiger partial charge in [0.1, 0.15) is 12.4 Å². The van der Waals surface area contributed by atoms with Crippen molar-refractivity contribution < 1.29 is 17.9 Å². The number of sulfonamides is 1. The lowest BCUT2D eigenvalue weighted by molar-refractivity contribution is 0.146. The Morgan fingerprint density at radius 2 is 1.77 bits per heavy atom. The van der Waals surface area contributed by atoms with Gasteiger partial charge in [-0.2, -0.15) is 0 Å². The van der Waals surface area contributed by atoms with Crippen LogP contribution in [0.5, 0.6) is 5.75 Å². The van der Waals surface area contributed by atoms with Gasteiger partial charge in [0.2, 0.25) is 0 Å². The number of rotatable bonds is 7. The molecule has 22 heavy (non-hydrogen) atoms. The van der Waals surface area contributed by atoms with Crippen LogP contribution in [0.4, 0.5) is 5.69 Å². The zero-order valence-corrected chi connectivity index (χ0v) is 13.4. The van der Waals surface area contributed by atoms with Crippen molar-refractivity contribution in [2.45, 2.75) is 11.8 Å². The van der Waals surface area contributed by atoms with E-state index in [1.54, 1.807) is 55.6 Å². The van der Waals surface area contributed by atoms with Gasteiger partial charge in [-0.3, -0.25) is 4.72 Å². The molecule has 0 aliphatic carbocycles. The standard InChI is InChI=1S/C16H19NO4S/c1-13-6-8-16(9-7-13)22(18,19)17-14-4-3-5-15(12-14)21-11-10-20-2/h3-9,12,17H,10-11H2,1-2H3. The van der Waals surface area contributed by atoms with Crippen molar-refractivity contribution in [3.8, 4) is 5.75 Å². The Hall–Kier alpha value is -2.05. The summed E-state index contributed by atoms with van der Waals surface area (Å²) in [6, 6.07) is 13.5. The van der Waals surface area contributed by atoms with Gasteiger partial charge in [-0.15, -0.1) is 0 Å². The first-order chi connectivity index (χ1) is 10.5. The third-order valence-electron chi connectivity index (χ3n) is 2.97. The first kappa shape index (κ1) is 16.3. The molecule has 1 N–H and O–H groups in total. The largest absolute Gasteiger partial charge is 0.491 e. The van der Waals surface area contributed by atoms with Gasteiger partial charge in [-0.1, -0.05) is 23.8 Å². The van der Waals surface area contributed by atoms with Crippen LogP contribution in [-0.2, 0) is 14.8 Å². The van der Waals surface area contributed by atoms with Crippen LogP contribution in [0.15, 0.2) is 53.4 Å². The maximum Gasteiger partial charge on any atom is 0.261 e. The molecule has 0 radical (unpaired) electrons. The summed E-state index contributed by atoms with van der Waals surface area (Å²) in [5, 5.41) is 0. The third-order valence-corrected chi connectivity index (χ3v) is 4.37. The van der Waals surface area contributed by atoms with Crippen molar-refractivity contribution in [2.24, 2.45) is 0 Å². The second-order valence-corrected chi connectivity index (χ2v) is 6.47. The SMILES string of the molecule is COCCOc1cccc(NS(=O)(=O)c2ccc(C)cc2)c1. The maximum absolute atomic E-state index is 12.3. The minimum absolute atomic E-state index is 0.226. The fraction of sp³-hybridized carbons (Fsp3) is 0.250. The Kier molecular flexibility index (Phi) is 5.41. The number of benzene rings is 2. The van der Waals surface area contributed by atoms with Gasteiger partial charge >= 0.3 is 0 Å². The maximum atomic E-state index is 12.3. The van der Waals surface area contributed by atoms with Crippen molar-refractivity contribution in [2.75, 3.05) is 25.0 Å². The van der Waals surface area contributed by atoms with Crippen LogP contribution in [0.1, 0.15) is 5.56 Å². The molecular formula is C16H19NO4S. The van der Waals surface area contributed by atoms with Gasteiger partial charge in [0.25, 0.3) is 10.0 Å². The Balaban J connectivity index is 2.12. The summed E-state index contributed by atoms with van der Waals surface area (Å²) in [6.07, 6.45) is 0. The molecule has 0 aliphatic heterocycles. The van der Waals surface area contributed by atoms with Gasteiger partial charge in [0.15, 0.2) is 0 Å². The fourth-order valence-electron chi connectivity index (χ4n) is 1.82. The topological polar surface area (TPSA) is 64.6 Å². The highest BCUT2D eigenvalue weighted by Crippen LogP contribution is 2.21. The molecule has 5 nitrogen and oxygen atoms in total. The zero-order chi connectivity index (χ0) is 16.0. The van der Waals surface area contributed by atoms with Crippen LogP contribution < -0.4 is 9.46 Å². The molecule has 0 atom stereocenters. The summed E-state index contributed by atoms with van der Waals surface area (Å²) in [5.41, 5.74) is 1.46. The summed E-state index contributed by atoms with van der Waals surface area (Å²) in [4.78, 5) is 0.226. The second-order valence-electron chi connectivity index (χ2n) is 4.79. The van der Waals surface area contributed by atoms with E-state index in [2.05, 4.69) is 4.72 Å². The normalized spacial score (nSPS) is 11.2. The van der Waals surface area contributed by atoms with Gasteiger partial charge in [-0.25, -0.2) is 8.42 Å². The van der Waals surface area contributed by atoms with Gasteiger partial charge in [0.05, 0.1) is 17.2 Å². The van der Waals surface area contributed by atoms with Crippen molar-refractivity contribution in [3.63, 3.8) is 0 Å². The van der Waals surface area contributed by atoms with Crippen molar-refractivity contribution >= 4 is 15.7 Å². The van der Waals surface area contributed by atoms with Crippen LogP contribution in [0.2, 0.25) is 0 Å². The zero-order valence-electron chi connectivity index (χ0n) is 12.6. The summed E-state index contributed by atoms with van der Waals surface area (Å²) < 4.78 is 37.5. The minimum atomic E-state index is -3.60. The van der Waals surface area contributed by atoms with Gasteiger partial charge < -0.3 is 9.47 Å². The average molecular weight is 321 g/mol. The van der Waals surface area contributed by atoms with E-state index in [-0.39, 0.29) is 4.90 Å². The van der Waals surface area contributed by atoms with E-state index in [9.17, 15) is 8.42 Å². The Labute approximate surface area is 130 Å². The molecule has 6 heteroatoms. The van der Waals surface area contributed by atoms with Crippen molar-refractivity contribution in [1.29, 1.82) is 0 Å². The summed E-state index contributed by atoms with van der Waals surface area (Å²) in [7, 11) is -2.01. The lowest BCUT2D eigenvalue weighted by Crippen LogP contribution is -2.13. The molecule has 0 unspecified atom stereocenters. The van der Waals surface area contributed by atoms with E-state index in [1.165, 1.54) is 0 Å². The fourth-order valence-corrected chi connectivity index (χ4v) is 2.87. The van der Waals surface area contributed by atoms with E-state index in [0.717, 1.165) is 5.56 Å². The summed E-state index contributed by atoms with van der Waals surface area (Å²) >= 11 is 0. The number of hydrogen-bond acceptors (Lipinski definition) is 4. The molecule has 118 valence electrons. The van der Waals surface area contributed by atoms with Gasteiger partial charge in [-0.05, 0) is 31.2 Å². The molecule has 0 saturated carbocycles. The van der Waals surface area contributed by atoms with Crippen LogP contribution in [0.25, 0.3) is 0 Å². The predicted molar refractivity (Wildman–Crippen MR) is 85.8 cm³/mol. The molecule has 0 aromatic heterocycles. The molecule has 0 amide bonds. The quantitative estimate of drug-likeness (QED) is 0.797. The number of ether oxygens (including phenoxy) is 2. The van der Waals surface area contributed by atoms with Crippen molar-refractivity contribution in [3.05, 3.63) is 54.1 Å². The number of hydrogen-bond donors (Lipinski definition) is 1. The van der Waals surface area contributed by atoms with E-state index in [0.29, 0.717) is 24.7 Å². The monoisotopic (exact) mass is 321 g/mol. The van der Waals surface area contributed by atoms with Gasteiger partial charge in [0, 0.05) is 13.2 Å². The highest BCUT2D eigenvalue weighted by atomic mass is 32.2. The van der Waals surface area contributed by atoms with Crippen LogP contribution in [-0.4, -0.2) is 28.7 Å². The molecule has 2 rings (SSSR count). The highest BCUT2D eigenvalue weighted by Gasteiger charge is 2.14. The number of nitrogens with one attached hydrogen (secondary N) is 1. The number of aryl methyl sites for hydroxylation is 1. The van der Waals surface area contributed by atoms with Crippen LogP contribution >= 0.6 is 0 Å². The van der Waals surface area contributed by atoms with Crippen molar-refractivity contribution in [1.82, 2.24) is 0 Å². The molecule has 0 aliphatic rings. The van der Waals surface area contributed by atoms with E-state index >= 15 is 0 Å². The van der Waals surface area contributed by atoms with E-state index < -0.39 is 10.0 Å². The van der Waals surface area contributed by atoms with E-state index in [4.69, 9.17) is 9.47 Å². The molecule has 0 heterocycles. The molecule has 0 bridgehead atoms. The lowest BCUT2D eigenvalue weighted by atomic mass is 10.2. The third kappa shape index (κ3) is 4.47. The molecule has 0 saturated heterocycles. The first-order valence-electron chi connectivity index (χ1n) is 6.82. The van der Waals surface area contributed by atoms with Crippen LogP contribution in [0.3, 0.4) is 0 Å². The molecular weight excluding hydrogens is 302 g/mol. The summed E-state index contributed by atoms with van der Waals surface area (Å²) in [5.74, 6) is 0.584. The Morgan fingerprint density at radius 3 is 2.45 bits per heavy atom. The average Bonchev–Trinajstić information content (AvgIpc) is 2.48. The smallest absolute Gasteiger partial charge is 0.261 e. The number of methoxy groups -OCH3 is 1. The number of anilines is 1. The Morgan fingerprint density at radius 1 is 1.05 bits per heavy atom. The lowest BCUT2D eigenvalue weighted by Gasteiger charge is -2.10. The second kappa shape index (κ2) is 7.29. The highest BCUT2D eigenvalue weighted by molar-refractivity contribution is 7.92. The molecule has 2 aromatic rings. The molecule has 0 fully saturated rings. The Bertz CT molecular complexity index is 711. The first-order valence-corrected chi connectivity index (χ1v) is 8.31. The summed E-state index contributed by atoms with van der Waals surface area (Å²) in [6.45, 7) is 2.79. The molecule has 2 aromatic carbocycles. The predicted octanol–water partition coefficient (Wildman–Crippen LogP) is 2.82.